The van der Waals surface area contributed by atoms with E-state index in [4.69, 9.17) is 4.74 Å². The van der Waals surface area contributed by atoms with E-state index < -0.39 is 0 Å². The molecule has 1 spiro atoms. The molecule has 6 heteroatoms. The second-order valence-corrected chi connectivity index (χ2v) is 7.41. The molecule has 2 heterocycles. The van der Waals surface area contributed by atoms with Gasteiger partial charge in [-0.15, -0.1) is 0 Å². The average Bonchev–Trinajstić information content (AvgIpc) is 2.76. The summed E-state index contributed by atoms with van der Waals surface area (Å²) >= 11 is 0. The maximum atomic E-state index is 12.2. The topological polar surface area (TPSA) is 32.8 Å². The zero-order chi connectivity index (χ0) is 17.2. The Balaban J connectivity index is 0.00000169. The van der Waals surface area contributed by atoms with Crippen LogP contribution in [-0.4, -0.2) is 53.6 Å². The summed E-state index contributed by atoms with van der Waals surface area (Å²) in [4.78, 5) is 16.7. The number of carbonyl (C=O) groups is 1. The minimum absolute atomic E-state index is 0. The van der Waals surface area contributed by atoms with Crippen molar-refractivity contribution in [2.24, 2.45) is 0 Å². The molecule has 2 aliphatic rings. The largest absolute Gasteiger partial charge is 0.360 e. The van der Waals surface area contributed by atoms with Crippen molar-refractivity contribution in [1.82, 2.24) is 9.80 Å². The molecule has 0 aliphatic carbocycles. The molecule has 0 aromatic heterocycles. The van der Waals surface area contributed by atoms with Gasteiger partial charge in [0.25, 0.3) is 5.91 Å². The summed E-state index contributed by atoms with van der Waals surface area (Å²) < 4.78 is 6.24. The monoisotopic (exact) mass is 398 g/mol. The predicted octanol–water partition coefficient (Wildman–Crippen LogP) is 3.21. The molecule has 0 unspecified atom stereocenters. The lowest BCUT2D eigenvalue weighted by Crippen LogP contribution is -2.58. The lowest BCUT2D eigenvalue weighted by Gasteiger charge is -2.44. The predicted molar refractivity (Wildman–Crippen MR) is 117 cm³/mol. The Bertz CT molecular complexity index is 582. The number of amides is 1. The number of aryl methyl sites for hydroxylation is 1. The summed E-state index contributed by atoms with van der Waals surface area (Å²) in [7, 11) is 0. The van der Waals surface area contributed by atoms with Crippen LogP contribution in [0.4, 0.5) is 0 Å². The third-order valence-corrected chi connectivity index (χ3v) is 5.46. The van der Waals surface area contributed by atoms with Crippen LogP contribution in [0.5, 0.6) is 0 Å². The second-order valence-electron chi connectivity index (χ2n) is 7.41. The Hall–Kier alpha value is -0.690. The maximum absolute atomic E-state index is 12.2. The Labute approximate surface area is 172 Å². The molecule has 1 aromatic carbocycles. The number of carbonyl (C=O) groups excluding carboxylic acids is 1. The minimum Gasteiger partial charge on any atom is -0.360 e. The number of likely N-dealkylation sites (N-methyl/N-ethyl adjacent to an activating group) is 1. The molecule has 1 aromatic rings. The van der Waals surface area contributed by atoms with Gasteiger partial charge >= 0.3 is 0 Å². The van der Waals surface area contributed by atoms with Gasteiger partial charge in [-0.05, 0) is 52.1 Å². The molecule has 2 saturated heterocycles. The highest BCUT2D eigenvalue weighted by Gasteiger charge is 2.43. The maximum Gasteiger partial charge on any atom is 0.251 e. The van der Waals surface area contributed by atoms with Crippen molar-refractivity contribution in [3.05, 3.63) is 35.4 Å². The van der Waals surface area contributed by atoms with E-state index in [1.165, 1.54) is 11.1 Å². The normalized spacial score (nSPS) is 26.8. The van der Waals surface area contributed by atoms with Crippen molar-refractivity contribution in [1.29, 1.82) is 0 Å². The number of hydrogen-bond donors (Lipinski definition) is 0. The van der Waals surface area contributed by atoms with Crippen molar-refractivity contribution in [3.8, 4) is 0 Å². The molecular weight excluding hydrogens is 364 g/mol. The number of morpholine rings is 1. The van der Waals surface area contributed by atoms with Crippen molar-refractivity contribution in [2.45, 2.75) is 58.3 Å². The van der Waals surface area contributed by atoms with Crippen molar-refractivity contribution >= 4 is 32.9 Å². The first-order chi connectivity index (χ1) is 11.5. The number of rotatable bonds is 3. The van der Waals surface area contributed by atoms with Crippen molar-refractivity contribution in [3.63, 3.8) is 0 Å². The van der Waals surface area contributed by atoms with E-state index in [9.17, 15) is 4.79 Å². The highest BCUT2D eigenvalue weighted by molar-refractivity contribution is 7.59. The number of benzene rings is 1. The molecule has 4 nitrogen and oxygen atoms in total. The van der Waals surface area contributed by atoms with Gasteiger partial charge in [-0.1, -0.05) is 29.8 Å². The van der Waals surface area contributed by atoms with E-state index in [1.807, 2.05) is 11.8 Å². The van der Waals surface area contributed by atoms with Gasteiger partial charge in [0.2, 0.25) is 0 Å². The van der Waals surface area contributed by atoms with E-state index in [0.717, 1.165) is 52.0 Å². The van der Waals surface area contributed by atoms with Crippen LogP contribution >= 0.6 is 27.0 Å². The molecule has 0 N–H and O–H groups in total. The van der Waals surface area contributed by atoms with Crippen LogP contribution in [0.1, 0.15) is 44.2 Å². The van der Waals surface area contributed by atoms with Gasteiger partial charge in [0, 0.05) is 26.2 Å². The zero-order valence-corrected chi connectivity index (χ0v) is 18.3. The molecule has 2 atom stereocenters. The molecule has 2 fully saturated rings. The highest BCUT2D eigenvalue weighted by atomic mass is 32.1. The summed E-state index contributed by atoms with van der Waals surface area (Å²) in [6.45, 7) is 10.8. The summed E-state index contributed by atoms with van der Waals surface area (Å²) in [5.74, 6) is 0.142. The van der Waals surface area contributed by atoms with E-state index in [0.29, 0.717) is 0 Å². The van der Waals surface area contributed by atoms with Gasteiger partial charge in [0.1, 0.15) is 6.10 Å². The Morgan fingerprint density at radius 3 is 2.50 bits per heavy atom. The van der Waals surface area contributed by atoms with Crippen molar-refractivity contribution < 1.29 is 9.53 Å². The van der Waals surface area contributed by atoms with Gasteiger partial charge < -0.3 is 9.64 Å². The van der Waals surface area contributed by atoms with E-state index in [1.54, 1.807) is 0 Å². The quantitative estimate of drug-likeness (QED) is 0.784. The molecule has 2 aliphatic heterocycles. The van der Waals surface area contributed by atoms with Crippen LogP contribution in [0.2, 0.25) is 0 Å². The summed E-state index contributed by atoms with van der Waals surface area (Å²) in [5, 5.41) is 0. The van der Waals surface area contributed by atoms with E-state index >= 15 is 0 Å². The second kappa shape index (κ2) is 10.0. The van der Waals surface area contributed by atoms with Gasteiger partial charge in [-0.2, -0.15) is 27.0 Å². The molecule has 148 valence electrons. The summed E-state index contributed by atoms with van der Waals surface area (Å²) in [5.41, 5.74) is 2.54. The van der Waals surface area contributed by atoms with Gasteiger partial charge in [-0.25, -0.2) is 0 Å². The van der Waals surface area contributed by atoms with Crippen LogP contribution in [-0.2, 0) is 16.1 Å². The third-order valence-electron chi connectivity index (χ3n) is 5.46. The molecular formula is C20H34N2O2S2. The van der Waals surface area contributed by atoms with Crippen LogP contribution in [0, 0.1) is 6.92 Å². The smallest absolute Gasteiger partial charge is 0.251 e. The van der Waals surface area contributed by atoms with Gasteiger partial charge in [0.15, 0.2) is 0 Å². The third kappa shape index (κ3) is 5.41. The Morgan fingerprint density at radius 1 is 1.15 bits per heavy atom. The van der Waals surface area contributed by atoms with E-state index in [-0.39, 0.29) is 44.6 Å². The van der Waals surface area contributed by atoms with Crippen LogP contribution in [0.25, 0.3) is 0 Å². The number of hydrogen-bond acceptors (Lipinski definition) is 3. The number of nitrogens with zero attached hydrogens (tertiary/aromatic N) is 2. The fourth-order valence-electron chi connectivity index (χ4n) is 4.02. The van der Waals surface area contributed by atoms with Crippen LogP contribution < -0.4 is 0 Å². The van der Waals surface area contributed by atoms with Crippen LogP contribution in [0.3, 0.4) is 0 Å². The van der Waals surface area contributed by atoms with Gasteiger partial charge in [-0.3, -0.25) is 9.69 Å². The zero-order valence-electron chi connectivity index (χ0n) is 16.3. The highest BCUT2D eigenvalue weighted by Crippen LogP contribution is 2.33. The fourth-order valence-corrected chi connectivity index (χ4v) is 4.02. The number of likely N-dealkylation sites (tertiary alicyclic amines) is 1. The summed E-state index contributed by atoms with van der Waals surface area (Å²) in [6.07, 6.45) is 2.88. The molecule has 0 bridgehead atoms. The minimum atomic E-state index is -0.303. The van der Waals surface area contributed by atoms with Crippen LogP contribution in [0.15, 0.2) is 24.3 Å². The first-order valence-corrected chi connectivity index (χ1v) is 9.26. The first-order valence-electron chi connectivity index (χ1n) is 9.26. The van der Waals surface area contributed by atoms with E-state index in [2.05, 4.69) is 43.0 Å². The van der Waals surface area contributed by atoms with Crippen molar-refractivity contribution in [2.75, 3.05) is 26.2 Å². The standard InChI is InChI=1S/C20H30N2O2.2H2S/c1-4-22-15-20(24-17(3)19(22)23)10-5-12-21(13-11-20)14-18-8-6-16(2)7-9-18;;/h6-9,17H,4-5,10-15H2,1-3H3;2*1H2/t17-,20-;;/m0../s1. The Morgan fingerprint density at radius 2 is 1.85 bits per heavy atom. The first kappa shape index (κ1) is 23.3. The average molecular weight is 399 g/mol. The molecule has 3 rings (SSSR count). The molecule has 0 saturated carbocycles. The summed E-state index contributed by atoms with van der Waals surface area (Å²) in [6, 6.07) is 8.83. The lowest BCUT2D eigenvalue weighted by molar-refractivity contribution is -0.182. The van der Waals surface area contributed by atoms with Gasteiger partial charge in [0.05, 0.1) is 5.60 Å². The molecule has 0 radical (unpaired) electrons. The molecule has 1 amide bonds. The Kier molecular flexibility index (Phi) is 9.00. The lowest BCUT2D eigenvalue weighted by atomic mass is 9.91. The fraction of sp³-hybridized carbons (Fsp3) is 0.650. The number of ether oxygens (including phenoxy) is 1. The SMILES string of the molecule is CCN1C[C@@]2(CCCN(Cc3ccc(C)cc3)CC2)O[C@@H](C)C1=O.S.S. The molecule has 26 heavy (non-hydrogen) atoms.